The van der Waals surface area contributed by atoms with E-state index in [2.05, 4.69) is 10.6 Å². The highest BCUT2D eigenvalue weighted by Gasteiger charge is 2.46. The molecule has 4 rings (SSSR count). The summed E-state index contributed by atoms with van der Waals surface area (Å²) in [5.74, 6) is 0.141. The number of fused-ring (bicyclic) bond motifs is 1. The molecule has 2 N–H and O–H groups in total. The van der Waals surface area contributed by atoms with Crippen molar-refractivity contribution in [3.05, 3.63) is 59.1 Å². The van der Waals surface area contributed by atoms with Crippen LogP contribution >= 0.6 is 24.0 Å². The highest BCUT2D eigenvalue weighted by atomic mass is 35.5. The molecule has 4 nitrogen and oxygen atoms in total. The number of piperidine rings is 1. The molecule has 2 aliphatic rings. The molecule has 0 unspecified atom stereocenters. The average molecular weight is 378 g/mol. The van der Waals surface area contributed by atoms with E-state index in [0.717, 1.165) is 42.9 Å². The van der Waals surface area contributed by atoms with Crippen LogP contribution in [0, 0.1) is 0 Å². The summed E-state index contributed by atoms with van der Waals surface area (Å²) in [6.45, 7) is 2.19. The van der Waals surface area contributed by atoms with Crippen molar-refractivity contribution < 1.29 is 4.79 Å². The molecule has 1 amide bonds. The van der Waals surface area contributed by atoms with E-state index in [9.17, 15) is 4.79 Å². The highest BCUT2D eigenvalue weighted by Crippen LogP contribution is 2.40. The number of rotatable bonds is 2. The van der Waals surface area contributed by atoms with Crippen LogP contribution in [-0.2, 0) is 11.3 Å². The maximum atomic E-state index is 13.4. The molecule has 132 valence electrons. The van der Waals surface area contributed by atoms with Crippen LogP contribution in [0.1, 0.15) is 18.4 Å². The summed E-state index contributed by atoms with van der Waals surface area (Å²) in [6, 6.07) is 15.7. The van der Waals surface area contributed by atoms with Gasteiger partial charge in [-0.05, 0) is 49.7 Å². The summed E-state index contributed by atoms with van der Waals surface area (Å²) in [6.07, 6.45) is 1.58. The zero-order valence-corrected chi connectivity index (χ0v) is 15.4. The highest BCUT2D eigenvalue weighted by molar-refractivity contribution is 6.31. The van der Waals surface area contributed by atoms with Gasteiger partial charge in [-0.1, -0.05) is 41.9 Å². The molecular formula is C19H21Cl2N3O. The van der Waals surface area contributed by atoms with Crippen LogP contribution in [0.25, 0.3) is 0 Å². The average Bonchev–Trinajstić information content (AvgIpc) is 2.61. The Morgan fingerprint density at radius 2 is 1.72 bits per heavy atom. The molecule has 1 spiro atoms. The summed E-state index contributed by atoms with van der Waals surface area (Å²) in [5.41, 5.74) is 2.40. The lowest BCUT2D eigenvalue weighted by Crippen LogP contribution is -2.61. The van der Waals surface area contributed by atoms with Gasteiger partial charge in [0, 0.05) is 5.02 Å². The number of carbonyl (C=O) groups excluding carboxylic acids is 1. The van der Waals surface area contributed by atoms with Gasteiger partial charge in [-0.3, -0.25) is 4.79 Å². The second-order valence-electron chi connectivity index (χ2n) is 6.46. The molecule has 0 aromatic heterocycles. The Hall–Kier alpha value is -1.75. The summed E-state index contributed by atoms with van der Waals surface area (Å²) in [5, 5.41) is 7.57. The van der Waals surface area contributed by atoms with Crippen LogP contribution in [0.15, 0.2) is 48.5 Å². The Bertz CT molecular complexity index is 775. The summed E-state index contributed by atoms with van der Waals surface area (Å²) < 4.78 is 0. The van der Waals surface area contributed by atoms with E-state index in [1.165, 1.54) is 0 Å². The number of carbonyl (C=O) groups is 1. The van der Waals surface area contributed by atoms with Gasteiger partial charge in [-0.25, -0.2) is 0 Å². The molecule has 0 saturated carbocycles. The van der Waals surface area contributed by atoms with Crippen LogP contribution in [-0.4, -0.2) is 24.5 Å². The van der Waals surface area contributed by atoms with Gasteiger partial charge >= 0.3 is 0 Å². The number of para-hydroxylation sites is 2. The molecule has 2 heterocycles. The van der Waals surface area contributed by atoms with E-state index in [1.807, 2.05) is 53.4 Å². The van der Waals surface area contributed by atoms with E-state index >= 15 is 0 Å². The first-order chi connectivity index (χ1) is 11.7. The van der Waals surface area contributed by atoms with Gasteiger partial charge in [0.2, 0.25) is 0 Å². The fraction of sp³-hybridized carbons (Fsp3) is 0.316. The Kier molecular flexibility index (Phi) is 5.23. The monoisotopic (exact) mass is 377 g/mol. The van der Waals surface area contributed by atoms with Crippen molar-refractivity contribution in [1.29, 1.82) is 0 Å². The zero-order chi connectivity index (χ0) is 16.6. The van der Waals surface area contributed by atoms with Gasteiger partial charge in [-0.15, -0.1) is 12.4 Å². The lowest BCUT2D eigenvalue weighted by atomic mass is 9.84. The molecule has 0 aliphatic carbocycles. The molecule has 1 fully saturated rings. The van der Waals surface area contributed by atoms with E-state index < -0.39 is 5.54 Å². The number of halogens is 2. The standard InChI is InChI=1S/C19H20ClN3O.ClH/c20-15-6-2-1-5-14(15)13-23-17-8-4-3-7-16(17)22-19(18(23)24)9-11-21-12-10-19;/h1-8,21-22H,9-13H2;1H. The zero-order valence-electron chi connectivity index (χ0n) is 13.8. The molecule has 0 bridgehead atoms. The van der Waals surface area contributed by atoms with Crippen molar-refractivity contribution in [2.45, 2.75) is 24.9 Å². The molecule has 2 aromatic rings. The second-order valence-corrected chi connectivity index (χ2v) is 6.86. The van der Waals surface area contributed by atoms with E-state index in [-0.39, 0.29) is 18.3 Å². The van der Waals surface area contributed by atoms with Gasteiger partial charge in [0.15, 0.2) is 0 Å². The van der Waals surface area contributed by atoms with Crippen molar-refractivity contribution in [2.75, 3.05) is 23.3 Å². The summed E-state index contributed by atoms with van der Waals surface area (Å²) in [4.78, 5) is 15.3. The Morgan fingerprint density at radius 1 is 1.04 bits per heavy atom. The molecular weight excluding hydrogens is 357 g/mol. The van der Waals surface area contributed by atoms with Crippen molar-refractivity contribution in [3.63, 3.8) is 0 Å². The van der Waals surface area contributed by atoms with Gasteiger partial charge in [0.05, 0.1) is 17.9 Å². The minimum atomic E-state index is -0.513. The lowest BCUT2D eigenvalue weighted by molar-refractivity contribution is -0.124. The first-order valence-corrected chi connectivity index (χ1v) is 8.71. The largest absolute Gasteiger partial charge is 0.369 e. The van der Waals surface area contributed by atoms with Crippen LogP contribution in [0.5, 0.6) is 0 Å². The minimum Gasteiger partial charge on any atom is -0.369 e. The number of benzene rings is 2. The maximum Gasteiger partial charge on any atom is 0.253 e. The predicted octanol–water partition coefficient (Wildman–Crippen LogP) is 3.84. The van der Waals surface area contributed by atoms with Crippen LogP contribution in [0.2, 0.25) is 5.02 Å². The number of amides is 1. The quantitative estimate of drug-likeness (QED) is 0.835. The summed E-state index contributed by atoms with van der Waals surface area (Å²) >= 11 is 6.33. The second kappa shape index (κ2) is 7.24. The lowest BCUT2D eigenvalue weighted by Gasteiger charge is -2.46. The molecule has 2 aliphatic heterocycles. The maximum absolute atomic E-state index is 13.4. The van der Waals surface area contributed by atoms with Crippen LogP contribution in [0.3, 0.4) is 0 Å². The van der Waals surface area contributed by atoms with Crippen molar-refractivity contribution in [3.8, 4) is 0 Å². The summed E-state index contributed by atoms with van der Waals surface area (Å²) in [7, 11) is 0. The van der Waals surface area contributed by atoms with E-state index in [1.54, 1.807) is 0 Å². The SMILES string of the molecule is Cl.O=C1N(Cc2ccccc2Cl)c2ccccc2NC12CCNCC2. The fourth-order valence-electron chi connectivity index (χ4n) is 3.64. The third kappa shape index (κ3) is 3.22. The molecule has 25 heavy (non-hydrogen) atoms. The topological polar surface area (TPSA) is 44.4 Å². The van der Waals surface area contributed by atoms with Crippen molar-refractivity contribution in [1.82, 2.24) is 5.32 Å². The first-order valence-electron chi connectivity index (χ1n) is 8.33. The number of nitrogens with zero attached hydrogens (tertiary/aromatic N) is 1. The predicted molar refractivity (Wildman–Crippen MR) is 105 cm³/mol. The fourth-order valence-corrected chi connectivity index (χ4v) is 3.84. The third-order valence-corrected chi connectivity index (χ3v) is 5.34. The Labute approximate surface area is 159 Å². The molecule has 2 aromatic carbocycles. The number of hydrogen-bond acceptors (Lipinski definition) is 3. The van der Waals surface area contributed by atoms with Crippen molar-refractivity contribution in [2.24, 2.45) is 0 Å². The van der Waals surface area contributed by atoms with Gasteiger partial charge in [0.1, 0.15) is 5.54 Å². The van der Waals surface area contributed by atoms with Gasteiger partial charge < -0.3 is 15.5 Å². The van der Waals surface area contributed by atoms with Crippen LogP contribution < -0.4 is 15.5 Å². The van der Waals surface area contributed by atoms with E-state index in [0.29, 0.717) is 11.6 Å². The molecule has 6 heteroatoms. The van der Waals surface area contributed by atoms with Crippen LogP contribution in [0.4, 0.5) is 11.4 Å². The molecule has 0 atom stereocenters. The minimum absolute atomic E-state index is 0. The van der Waals surface area contributed by atoms with Crippen molar-refractivity contribution >= 4 is 41.3 Å². The van der Waals surface area contributed by atoms with Gasteiger partial charge in [0.25, 0.3) is 5.91 Å². The molecule has 0 radical (unpaired) electrons. The number of nitrogens with one attached hydrogen (secondary N) is 2. The normalized spacial score (nSPS) is 18.3. The number of hydrogen-bond donors (Lipinski definition) is 2. The van der Waals surface area contributed by atoms with E-state index in [4.69, 9.17) is 11.6 Å². The first kappa shape index (κ1) is 18.1. The number of anilines is 2. The van der Waals surface area contributed by atoms with Gasteiger partial charge in [-0.2, -0.15) is 0 Å². The smallest absolute Gasteiger partial charge is 0.253 e. The Balaban J connectivity index is 0.00000182. The third-order valence-electron chi connectivity index (χ3n) is 4.97. The Morgan fingerprint density at radius 3 is 2.48 bits per heavy atom. The molecule has 1 saturated heterocycles.